The van der Waals surface area contributed by atoms with Crippen molar-refractivity contribution < 1.29 is 14.4 Å². The molecule has 0 unspecified atom stereocenters. The summed E-state index contributed by atoms with van der Waals surface area (Å²) in [6, 6.07) is 16.2. The molecule has 2 saturated heterocycles. The predicted molar refractivity (Wildman–Crippen MR) is 114 cm³/mol. The second-order valence-electron chi connectivity index (χ2n) is 8.11. The molecule has 0 radical (unpaired) electrons. The summed E-state index contributed by atoms with van der Waals surface area (Å²) in [5.74, 6) is -1.69. The van der Waals surface area contributed by atoms with Crippen molar-refractivity contribution in [2.45, 2.75) is 24.9 Å². The van der Waals surface area contributed by atoms with Gasteiger partial charge >= 0.3 is 0 Å². The van der Waals surface area contributed by atoms with Crippen LogP contribution in [0.3, 0.4) is 0 Å². The Kier molecular flexibility index (Phi) is 4.45. The SMILES string of the molecule is C[C@@H]1N[C@]2(C(=O)N(CCCCl)c3ccccc32)[C@@H]2C(=O)N(c3ccccc3)C(=O)[C@@H]12. The van der Waals surface area contributed by atoms with E-state index in [0.29, 0.717) is 24.5 Å². The third-order valence-electron chi connectivity index (χ3n) is 6.54. The van der Waals surface area contributed by atoms with Crippen LogP contribution in [0.1, 0.15) is 18.9 Å². The maximum absolute atomic E-state index is 13.8. The summed E-state index contributed by atoms with van der Waals surface area (Å²) in [7, 11) is 0. The van der Waals surface area contributed by atoms with Crippen molar-refractivity contribution >= 4 is 40.7 Å². The zero-order valence-corrected chi connectivity index (χ0v) is 17.3. The van der Waals surface area contributed by atoms with Gasteiger partial charge in [-0.3, -0.25) is 19.7 Å². The molecule has 3 heterocycles. The number of fused-ring (bicyclic) bond motifs is 4. The molecule has 0 aromatic heterocycles. The van der Waals surface area contributed by atoms with E-state index in [9.17, 15) is 14.4 Å². The molecule has 3 aliphatic rings. The number of nitrogens with zero attached hydrogens (tertiary/aromatic N) is 2. The number of carbonyl (C=O) groups excluding carboxylic acids is 3. The third-order valence-corrected chi connectivity index (χ3v) is 6.81. The fraction of sp³-hybridized carbons (Fsp3) is 0.348. The van der Waals surface area contributed by atoms with E-state index >= 15 is 0 Å². The first-order valence-electron chi connectivity index (χ1n) is 10.2. The van der Waals surface area contributed by atoms with Crippen LogP contribution >= 0.6 is 11.6 Å². The Morgan fingerprint density at radius 3 is 2.43 bits per heavy atom. The normalized spacial score (nSPS) is 29.8. The Labute approximate surface area is 179 Å². The number of amides is 3. The van der Waals surface area contributed by atoms with Gasteiger partial charge in [0.15, 0.2) is 0 Å². The number of nitrogens with one attached hydrogen (secondary N) is 1. The first-order valence-corrected chi connectivity index (χ1v) is 10.7. The number of para-hydroxylation sites is 2. The van der Waals surface area contributed by atoms with Gasteiger partial charge in [-0.2, -0.15) is 0 Å². The van der Waals surface area contributed by atoms with Crippen molar-refractivity contribution in [2.75, 3.05) is 22.2 Å². The van der Waals surface area contributed by atoms with Crippen LogP contribution in [0.4, 0.5) is 11.4 Å². The highest BCUT2D eigenvalue weighted by Gasteiger charge is 2.70. The molecule has 30 heavy (non-hydrogen) atoms. The Hall–Kier alpha value is -2.70. The topological polar surface area (TPSA) is 69.7 Å². The second kappa shape index (κ2) is 6.93. The van der Waals surface area contributed by atoms with E-state index in [-0.39, 0.29) is 23.8 Å². The van der Waals surface area contributed by atoms with Gasteiger partial charge in [-0.05, 0) is 31.5 Å². The standard InChI is InChI=1S/C23H22ClN3O3/c1-14-18-19(21(29)27(20(18)28)15-8-3-2-4-9-15)23(25-14)16-10-5-6-11-17(16)26(22(23)30)13-7-12-24/h2-6,8-11,14,18-19,25H,7,12-13H2,1H3/t14-,18-,19-,23-/m0/s1. The van der Waals surface area contributed by atoms with E-state index in [0.717, 1.165) is 11.3 Å². The van der Waals surface area contributed by atoms with Gasteiger partial charge in [0.25, 0.3) is 5.91 Å². The van der Waals surface area contributed by atoms with E-state index in [1.165, 1.54) is 4.90 Å². The Morgan fingerprint density at radius 2 is 1.70 bits per heavy atom. The monoisotopic (exact) mass is 423 g/mol. The Balaban J connectivity index is 1.64. The lowest BCUT2D eigenvalue weighted by Crippen LogP contribution is -2.55. The zero-order chi connectivity index (χ0) is 21.0. The molecule has 4 atom stereocenters. The van der Waals surface area contributed by atoms with Crippen molar-refractivity contribution in [2.24, 2.45) is 11.8 Å². The maximum Gasteiger partial charge on any atom is 0.252 e. The molecule has 0 saturated carbocycles. The quantitative estimate of drug-likeness (QED) is 0.606. The van der Waals surface area contributed by atoms with Gasteiger partial charge in [0.1, 0.15) is 5.54 Å². The van der Waals surface area contributed by atoms with E-state index in [1.54, 1.807) is 29.2 Å². The largest absolute Gasteiger partial charge is 0.310 e. The lowest BCUT2D eigenvalue weighted by Gasteiger charge is -2.30. The second-order valence-corrected chi connectivity index (χ2v) is 8.49. The van der Waals surface area contributed by atoms with Gasteiger partial charge in [0.2, 0.25) is 11.8 Å². The first-order chi connectivity index (χ1) is 14.5. The maximum atomic E-state index is 13.8. The molecule has 5 rings (SSSR count). The van der Waals surface area contributed by atoms with Crippen LogP contribution < -0.4 is 15.1 Å². The van der Waals surface area contributed by atoms with Crippen molar-refractivity contribution in [1.29, 1.82) is 0 Å². The zero-order valence-electron chi connectivity index (χ0n) is 16.5. The van der Waals surface area contributed by atoms with E-state index in [2.05, 4.69) is 5.32 Å². The number of hydrogen-bond donors (Lipinski definition) is 1. The minimum absolute atomic E-state index is 0.177. The average Bonchev–Trinajstić information content (AvgIpc) is 3.30. The molecular weight excluding hydrogens is 402 g/mol. The lowest BCUT2D eigenvalue weighted by atomic mass is 9.76. The van der Waals surface area contributed by atoms with Gasteiger partial charge in [-0.1, -0.05) is 36.4 Å². The van der Waals surface area contributed by atoms with Gasteiger partial charge in [0.05, 0.1) is 17.5 Å². The Bertz CT molecular complexity index is 1040. The Morgan fingerprint density at radius 1 is 1.00 bits per heavy atom. The summed E-state index contributed by atoms with van der Waals surface area (Å²) >= 11 is 5.89. The highest BCUT2D eigenvalue weighted by Crippen LogP contribution is 2.54. The van der Waals surface area contributed by atoms with E-state index in [1.807, 2.05) is 37.3 Å². The predicted octanol–water partition coefficient (Wildman–Crippen LogP) is 2.65. The number of anilines is 2. The van der Waals surface area contributed by atoms with Crippen LogP contribution in [-0.4, -0.2) is 36.2 Å². The summed E-state index contributed by atoms with van der Waals surface area (Å²) in [5, 5.41) is 3.38. The van der Waals surface area contributed by atoms with Crippen LogP contribution in [0, 0.1) is 11.8 Å². The molecule has 2 aromatic carbocycles. The summed E-state index contributed by atoms with van der Waals surface area (Å²) in [5.41, 5.74) is 0.858. The summed E-state index contributed by atoms with van der Waals surface area (Å²) < 4.78 is 0. The van der Waals surface area contributed by atoms with Gasteiger partial charge in [-0.15, -0.1) is 11.6 Å². The van der Waals surface area contributed by atoms with Crippen molar-refractivity contribution in [3.05, 3.63) is 60.2 Å². The number of alkyl halides is 1. The number of hydrogen-bond acceptors (Lipinski definition) is 4. The fourth-order valence-corrected chi connectivity index (χ4v) is 5.50. The van der Waals surface area contributed by atoms with Crippen LogP contribution in [0.25, 0.3) is 0 Å². The number of halogens is 1. The van der Waals surface area contributed by atoms with Gasteiger partial charge in [0, 0.05) is 29.7 Å². The molecule has 0 bridgehead atoms. The molecular formula is C23H22ClN3O3. The minimum atomic E-state index is -1.23. The van der Waals surface area contributed by atoms with Crippen LogP contribution in [-0.2, 0) is 19.9 Å². The number of carbonyl (C=O) groups is 3. The molecule has 1 spiro atoms. The smallest absolute Gasteiger partial charge is 0.252 e. The average molecular weight is 424 g/mol. The lowest BCUT2D eigenvalue weighted by molar-refractivity contribution is -0.132. The van der Waals surface area contributed by atoms with Gasteiger partial charge < -0.3 is 4.90 Å². The molecule has 3 aliphatic heterocycles. The van der Waals surface area contributed by atoms with Crippen molar-refractivity contribution in [3.63, 3.8) is 0 Å². The fourth-order valence-electron chi connectivity index (χ4n) is 5.38. The number of rotatable bonds is 4. The number of benzene rings is 2. The molecule has 1 N–H and O–H groups in total. The van der Waals surface area contributed by atoms with Crippen LogP contribution in [0.15, 0.2) is 54.6 Å². The highest BCUT2D eigenvalue weighted by atomic mass is 35.5. The molecule has 6 nitrogen and oxygen atoms in total. The summed E-state index contributed by atoms with van der Waals surface area (Å²) in [6.45, 7) is 2.35. The van der Waals surface area contributed by atoms with E-state index in [4.69, 9.17) is 11.6 Å². The molecule has 154 valence electrons. The van der Waals surface area contributed by atoms with Crippen LogP contribution in [0.2, 0.25) is 0 Å². The molecule has 0 aliphatic carbocycles. The first kappa shape index (κ1) is 19.3. The highest BCUT2D eigenvalue weighted by molar-refractivity contribution is 6.26. The van der Waals surface area contributed by atoms with Crippen molar-refractivity contribution in [3.8, 4) is 0 Å². The van der Waals surface area contributed by atoms with Crippen LogP contribution in [0.5, 0.6) is 0 Å². The van der Waals surface area contributed by atoms with Crippen molar-refractivity contribution in [1.82, 2.24) is 5.32 Å². The number of imide groups is 1. The summed E-state index contributed by atoms with van der Waals surface area (Å²) in [6.07, 6.45) is 0.643. The molecule has 7 heteroatoms. The van der Waals surface area contributed by atoms with E-state index < -0.39 is 17.4 Å². The molecule has 3 amide bonds. The molecule has 2 aromatic rings. The summed E-state index contributed by atoms with van der Waals surface area (Å²) in [4.78, 5) is 43.8. The third kappa shape index (κ3) is 2.38. The minimum Gasteiger partial charge on any atom is -0.310 e. The van der Waals surface area contributed by atoms with Gasteiger partial charge in [-0.25, -0.2) is 4.90 Å². The molecule has 2 fully saturated rings.